The summed E-state index contributed by atoms with van der Waals surface area (Å²) in [5.41, 5.74) is 4.40. The molecule has 6 rings (SSSR count). The van der Waals surface area contributed by atoms with E-state index in [1.165, 1.54) is 0 Å². The summed E-state index contributed by atoms with van der Waals surface area (Å²) in [6.07, 6.45) is 0. The first-order valence-electron chi connectivity index (χ1n) is 9.41. The second-order valence-corrected chi connectivity index (χ2v) is 6.99. The van der Waals surface area contributed by atoms with Gasteiger partial charge in [-0.05, 0) is 47.3 Å². The molecule has 132 valence electrons. The van der Waals surface area contributed by atoms with Crippen LogP contribution in [0.2, 0.25) is 0 Å². The maximum Gasteiger partial charge on any atom is 0.335 e. The van der Waals surface area contributed by atoms with Gasteiger partial charge < -0.3 is 14.3 Å². The fourth-order valence-electron chi connectivity index (χ4n) is 4.17. The molecular formula is C24H16BNO2. The molecule has 3 nitrogen and oxygen atoms in total. The molecule has 0 amide bonds. The number of nitrogens with zero attached hydrogens (tertiary/aromatic N) is 1. The number of anilines is 2. The van der Waals surface area contributed by atoms with Gasteiger partial charge in [0.25, 0.3) is 0 Å². The molecule has 2 heterocycles. The summed E-state index contributed by atoms with van der Waals surface area (Å²) in [6.45, 7) is -0.00708. The summed E-state index contributed by atoms with van der Waals surface area (Å²) in [4.78, 5) is 2.37. The van der Waals surface area contributed by atoms with Crippen LogP contribution in [-0.4, -0.2) is 6.85 Å². The van der Waals surface area contributed by atoms with E-state index >= 15 is 0 Å². The van der Waals surface area contributed by atoms with Crippen LogP contribution in [0, 0.1) is 0 Å². The third-order valence-electron chi connectivity index (χ3n) is 5.37. The highest BCUT2D eigenvalue weighted by atomic mass is 16.5. The second kappa shape index (κ2) is 5.93. The van der Waals surface area contributed by atoms with Crippen LogP contribution in [0.5, 0.6) is 23.0 Å². The molecule has 0 saturated heterocycles. The molecule has 0 atom stereocenters. The molecular weight excluding hydrogens is 345 g/mol. The molecule has 28 heavy (non-hydrogen) atoms. The lowest BCUT2D eigenvalue weighted by atomic mass is 9.47. The van der Waals surface area contributed by atoms with E-state index in [1.54, 1.807) is 0 Å². The Labute approximate surface area is 163 Å². The third kappa shape index (κ3) is 2.18. The van der Waals surface area contributed by atoms with E-state index in [4.69, 9.17) is 9.47 Å². The van der Waals surface area contributed by atoms with Crippen molar-refractivity contribution in [2.24, 2.45) is 0 Å². The van der Waals surface area contributed by atoms with Crippen molar-refractivity contribution in [2.45, 2.75) is 0 Å². The zero-order chi connectivity index (χ0) is 18.5. The predicted molar refractivity (Wildman–Crippen MR) is 113 cm³/mol. The molecule has 4 aromatic rings. The third-order valence-corrected chi connectivity index (χ3v) is 5.37. The molecule has 2 aliphatic heterocycles. The SMILES string of the molecule is c1ccc2c(c1)Oc1ccccc1B2N1c2ccccc2Oc2ccccc21. The normalized spacial score (nSPS) is 13.4. The van der Waals surface area contributed by atoms with Gasteiger partial charge in [0.15, 0.2) is 0 Å². The average molecular weight is 361 g/mol. The number of ether oxygens (including phenoxy) is 2. The number of para-hydroxylation sites is 6. The Kier molecular flexibility index (Phi) is 3.26. The molecule has 2 aliphatic rings. The zero-order valence-electron chi connectivity index (χ0n) is 15.1. The molecule has 0 unspecified atom stereocenters. The van der Waals surface area contributed by atoms with E-state index < -0.39 is 0 Å². The Morgan fingerprint density at radius 1 is 0.464 bits per heavy atom. The van der Waals surface area contributed by atoms with Crippen molar-refractivity contribution in [3.8, 4) is 23.0 Å². The van der Waals surface area contributed by atoms with E-state index in [9.17, 15) is 0 Å². The number of fused-ring (bicyclic) bond motifs is 4. The van der Waals surface area contributed by atoms with Crippen LogP contribution in [-0.2, 0) is 0 Å². The van der Waals surface area contributed by atoms with Crippen molar-refractivity contribution in [3.63, 3.8) is 0 Å². The first-order valence-corrected chi connectivity index (χ1v) is 9.41. The van der Waals surface area contributed by atoms with Gasteiger partial charge in [0.1, 0.15) is 23.0 Å². The zero-order valence-corrected chi connectivity index (χ0v) is 15.1. The molecule has 0 bridgehead atoms. The molecule has 4 heteroatoms. The van der Waals surface area contributed by atoms with E-state index in [1.807, 2.05) is 48.5 Å². The van der Waals surface area contributed by atoms with Crippen LogP contribution in [0.1, 0.15) is 0 Å². The minimum Gasteiger partial charge on any atom is -0.458 e. The van der Waals surface area contributed by atoms with Crippen LogP contribution < -0.4 is 25.2 Å². The van der Waals surface area contributed by atoms with Crippen LogP contribution in [0.25, 0.3) is 0 Å². The van der Waals surface area contributed by atoms with Gasteiger partial charge in [-0.1, -0.05) is 60.7 Å². The summed E-state index contributed by atoms with van der Waals surface area (Å²) in [5, 5.41) is 0. The van der Waals surface area contributed by atoms with Crippen molar-refractivity contribution in [2.75, 3.05) is 4.81 Å². The lowest BCUT2D eigenvalue weighted by molar-refractivity contribution is 0.477. The molecule has 0 saturated carbocycles. The largest absolute Gasteiger partial charge is 0.458 e. The summed E-state index contributed by atoms with van der Waals surface area (Å²) in [5.74, 6) is 3.52. The topological polar surface area (TPSA) is 21.7 Å². The first-order chi connectivity index (χ1) is 13.9. The quantitative estimate of drug-likeness (QED) is 0.453. The van der Waals surface area contributed by atoms with Crippen LogP contribution in [0.4, 0.5) is 11.4 Å². The van der Waals surface area contributed by atoms with Gasteiger partial charge in [0.05, 0.1) is 11.4 Å². The molecule has 4 aromatic carbocycles. The maximum absolute atomic E-state index is 6.22. The Balaban J connectivity index is 1.66. The molecule has 0 N–H and O–H groups in total. The standard InChI is InChI=1S/C24H16BNO2/c1-5-13-21-17(9-1)25(18-10-2-6-14-22(18)27-21)26-19-11-3-7-15-23(19)28-24-16-8-4-12-20(24)26/h1-16H. The van der Waals surface area contributed by atoms with Gasteiger partial charge in [0, 0.05) is 0 Å². The summed E-state index contributed by atoms with van der Waals surface area (Å²) in [7, 11) is 0. The van der Waals surface area contributed by atoms with Crippen LogP contribution in [0.3, 0.4) is 0 Å². The van der Waals surface area contributed by atoms with E-state index in [0.717, 1.165) is 45.3 Å². The maximum atomic E-state index is 6.22. The predicted octanol–water partition coefficient (Wildman–Crippen LogP) is 4.84. The van der Waals surface area contributed by atoms with Gasteiger partial charge in [-0.2, -0.15) is 0 Å². The second-order valence-electron chi connectivity index (χ2n) is 6.99. The highest BCUT2D eigenvalue weighted by molar-refractivity contribution is 6.90. The molecule has 0 fully saturated rings. The lowest BCUT2D eigenvalue weighted by Crippen LogP contribution is -2.57. The van der Waals surface area contributed by atoms with E-state index in [0.29, 0.717) is 0 Å². The van der Waals surface area contributed by atoms with Crippen molar-refractivity contribution in [1.29, 1.82) is 0 Å². The van der Waals surface area contributed by atoms with Crippen molar-refractivity contribution < 1.29 is 9.47 Å². The van der Waals surface area contributed by atoms with Crippen LogP contribution >= 0.6 is 0 Å². The molecule has 0 aliphatic carbocycles. The number of rotatable bonds is 1. The Morgan fingerprint density at radius 2 is 0.857 bits per heavy atom. The number of hydrogen-bond donors (Lipinski definition) is 0. The Hall–Kier alpha value is -3.66. The summed E-state index contributed by atoms with van der Waals surface area (Å²) in [6, 6.07) is 33.0. The fraction of sp³-hybridized carbons (Fsp3) is 0. The summed E-state index contributed by atoms with van der Waals surface area (Å²) >= 11 is 0. The smallest absolute Gasteiger partial charge is 0.335 e. The molecule has 0 aromatic heterocycles. The highest BCUT2D eigenvalue weighted by Gasteiger charge is 2.40. The summed E-state index contributed by atoms with van der Waals surface area (Å²) < 4.78 is 12.4. The minimum absolute atomic E-state index is 0.00708. The molecule has 0 spiro atoms. The average Bonchev–Trinajstić information content (AvgIpc) is 2.76. The van der Waals surface area contributed by atoms with Crippen molar-refractivity contribution >= 4 is 29.1 Å². The lowest BCUT2D eigenvalue weighted by Gasteiger charge is -2.39. The number of hydrogen-bond acceptors (Lipinski definition) is 3. The Morgan fingerprint density at radius 3 is 1.39 bits per heavy atom. The minimum atomic E-state index is -0.00708. The van der Waals surface area contributed by atoms with Crippen molar-refractivity contribution in [1.82, 2.24) is 0 Å². The van der Waals surface area contributed by atoms with E-state index in [2.05, 4.69) is 53.3 Å². The van der Waals surface area contributed by atoms with E-state index in [-0.39, 0.29) is 6.85 Å². The van der Waals surface area contributed by atoms with Gasteiger partial charge in [-0.3, -0.25) is 0 Å². The van der Waals surface area contributed by atoms with Gasteiger partial charge in [-0.15, -0.1) is 0 Å². The monoisotopic (exact) mass is 361 g/mol. The van der Waals surface area contributed by atoms with Gasteiger partial charge >= 0.3 is 6.85 Å². The van der Waals surface area contributed by atoms with Gasteiger partial charge in [0.2, 0.25) is 0 Å². The highest BCUT2D eigenvalue weighted by Crippen LogP contribution is 2.47. The fourth-order valence-corrected chi connectivity index (χ4v) is 4.17. The first kappa shape index (κ1) is 15.4. The van der Waals surface area contributed by atoms with Gasteiger partial charge in [-0.25, -0.2) is 0 Å². The van der Waals surface area contributed by atoms with Crippen molar-refractivity contribution in [3.05, 3.63) is 97.1 Å². The molecule has 0 radical (unpaired) electrons. The van der Waals surface area contributed by atoms with Crippen LogP contribution in [0.15, 0.2) is 97.1 Å². The Bertz CT molecular complexity index is 1020. The number of benzene rings is 4.